The molecule has 0 saturated heterocycles. The number of hydrogen-bond acceptors (Lipinski definition) is 4. The van der Waals surface area contributed by atoms with Crippen LogP contribution in [0.3, 0.4) is 0 Å². The molecule has 0 unspecified atom stereocenters. The summed E-state index contributed by atoms with van der Waals surface area (Å²) in [6.07, 6.45) is 0.883. The molecule has 1 aromatic carbocycles. The van der Waals surface area contributed by atoms with E-state index in [4.69, 9.17) is 11.6 Å². The van der Waals surface area contributed by atoms with Crippen LogP contribution in [0.1, 0.15) is 20.9 Å². The minimum absolute atomic E-state index is 0.0890. The molecule has 1 aliphatic rings. The smallest absolute Gasteiger partial charge is 0.285 e. The average molecular weight is 280 g/mol. The van der Waals surface area contributed by atoms with Crippen LogP contribution < -0.4 is 0 Å². The monoisotopic (exact) mass is 279 g/mol. The van der Waals surface area contributed by atoms with Crippen molar-refractivity contribution in [3.8, 4) is 0 Å². The Balaban J connectivity index is 1.82. The van der Waals surface area contributed by atoms with Gasteiger partial charge >= 0.3 is 0 Å². The lowest BCUT2D eigenvalue weighted by Crippen LogP contribution is -2.35. The highest BCUT2D eigenvalue weighted by molar-refractivity contribution is 7.17. The first-order valence-corrected chi connectivity index (χ1v) is 6.78. The summed E-state index contributed by atoms with van der Waals surface area (Å²) < 4.78 is 0.302. The highest BCUT2D eigenvalue weighted by Crippen LogP contribution is 2.22. The van der Waals surface area contributed by atoms with E-state index in [1.54, 1.807) is 4.90 Å². The van der Waals surface area contributed by atoms with Crippen molar-refractivity contribution in [2.45, 2.75) is 13.0 Å². The van der Waals surface area contributed by atoms with Gasteiger partial charge in [-0.15, -0.1) is 10.2 Å². The highest BCUT2D eigenvalue weighted by atomic mass is 35.5. The van der Waals surface area contributed by atoms with E-state index >= 15 is 0 Å². The van der Waals surface area contributed by atoms with Gasteiger partial charge in [-0.05, 0) is 29.1 Å². The molecule has 0 aliphatic carbocycles. The van der Waals surface area contributed by atoms with E-state index in [0.29, 0.717) is 22.6 Å². The summed E-state index contributed by atoms with van der Waals surface area (Å²) in [4.78, 5) is 14.0. The summed E-state index contributed by atoms with van der Waals surface area (Å²) in [5, 5.41) is 7.82. The lowest BCUT2D eigenvalue weighted by molar-refractivity contribution is 0.0733. The molecule has 1 aliphatic heterocycles. The molecule has 4 nitrogen and oxygen atoms in total. The van der Waals surface area contributed by atoms with E-state index in [2.05, 4.69) is 22.3 Å². The molecule has 92 valence electrons. The Kier molecular flexibility index (Phi) is 3.01. The second kappa shape index (κ2) is 4.66. The Labute approximate surface area is 113 Å². The first-order chi connectivity index (χ1) is 8.74. The Bertz CT molecular complexity index is 599. The first kappa shape index (κ1) is 11.6. The van der Waals surface area contributed by atoms with E-state index in [1.807, 2.05) is 12.1 Å². The van der Waals surface area contributed by atoms with Crippen LogP contribution in [0.25, 0.3) is 0 Å². The summed E-state index contributed by atoms with van der Waals surface area (Å²) >= 11 is 6.82. The zero-order valence-electron chi connectivity index (χ0n) is 9.47. The molecule has 0 spiro atoms. The molecule has 1 aromatic heterocycles. The van der Waals surface area contributed by atoms with Crippen molar-refractivity contribution in [2.24, 2.45) is 0 Å². The summed E-state index contributed by atoms with van der Waals surface area (Å²) in [7, 11) is 0. The van der Waals surface area contributed by atoms with Crippen LogP contribution in [-0.4, -0.2) is 27.5 Å². The lowest BCUT2D eigenvalue weighted by Gasteiger charge is -2.27. The van der Waals surface area contributed by atoms with Crippen molar-refractivity contribution >= 4 is 28.8 Å². The van der Waals surface area contributed by atoms with Crippen LogP contribution in [0, 0.1) is 0 Å². The quantitative estimate of drug-likeness (QED) is 0.805. The van der Waals surface area contributed by atoms with Crippen LogP contribution >= 0.6 is 22.9 Å². The largest absolute Gasteiger partial charge is 0.332 e. The number of aromatic nitrogens is 2. The van der Waals surface area contributed by atoms with Crippen molar-refractivity contribution in [3.63, 3.8) is 0 Å². The van der Waals surface area contributed by atoms with E-state index in [1.165, 1.54) is 11.1 Å². The Morgan fingerprint density at radius 1 is 1.28 bits per heavy atom. The summed E-state index contributed by atoms with van der Waals surface area (Å²) in [6, 6.07) is 8.19. The van der Waals surface area contributed by atoms with Gasteiger partial charge in [-0.2, -0.15) is 0 Å². The fourth-order valence-electron chi connectivity index (χ4n) is 2.10. The normalized spacial score (nSPS) is 14.4. The molecule has 0 fully saturated rings. The van der Waals surface area contributed by atoms with Gasteiger partial charge in [0.2, 0.25) is 9.47 Å². The molecule has 0 atom stereocenters. The summed E-state index contributed by atoms with van der Waals surface area (Å²) in [6.45, 7) is 1.35. The lowest BCUT2D eigenvalue weighted by atomic mass is 10.00. The van der Waals surface area contributed by atoms with Gasteiger partial charge in [-0.25, -0.2) is 0 Å². The van der Waals surface area contributed by atoms with Crippen molar-refractivity contribution in [1.82, 2.24) is 15.1 Å². The van der Waals surface area contributed by atoms with Gasteiger partial charge < -0.3 is 4.90 Å². The first-order valence-electron chi connectivity index (χ1n) is 5.59. The predicted molar refractivity (Wildman–Crippen MR) is 69.8 cm³/mol. The van der Waals surface area contributed by atoms with Crippen LogP contribution in [0.4, 0.5) is 0 Å². The number of amides is 1. The summed E-state index contributed by atoms with van der Waals surface area (Å²) in [5.41, 5.74) is 2.52. The van der Waals surface area contributed by atoms with Gasteiger partial charge in [0, 0.05) is 13.1 Å². The number of halogens is 1. The Hall–Kier alpha value is -1.46. The van der Waals surface area contributed by atoms with Crippen molar-refractivity contribution in [2.75, 3.05) is 6.54 Å². The minimum Gasteiger partial charge on any atom is -0.332 e. The third-order valence-electron chi connectivity index (χ3n) is 3.00. The molecule has 6 heteroatoms. The molecular weight excluding hydrogens is 270 g/mol. The fraction of sp³-hybridized carbons (Fsp3) is 0.250. The number of nitrogens with zero attached hydrogens (tertiary/aromatic N) is 3. The van der Waals surface area contributed by atoms with Crippen LogP contribution in [0.15, 0.2) is 24.3 Å². The number of carbonyl (C=O) groups is 1. The zero-order chi connectivity index (χ0) is 12.5. The molecular formula is C12H10ClN3OS. The molecule has 3 rings (SSSR count). The Morgan fingerprint density at radius 3 is 2.78 bits per heavy atom. The second-order valence-electron chi connectivity index (χ2n) is 4.11. The van der Waals surface area contributed by atoms with Crippen molar-refractivity contribution in [3.05, 3.63) is 44.9 Å². The van der Waals surface area contributed by atoms with Crippen LogP contribution in [0.5, 0.6) is 0 Å². The van der Waals surface area contributed by atoms with E-state index < -0.39 is 0 Å². The second-order valence-corrected chi connectivity index (χ2v) is 5.67. The molecule has 1 amide bonds. The number of carbonyl (C=O) groups excluding carboxylic acids is 1. The van der Waals surface area contributed by atoms with Gasteiger partial charge in [0.25, 0.3) is 5.91 Å². The molecule has 18 heavy (non-hydrogen) atoms. The molecule has 0 bridgehead atoms. The number of rotatable bonds is 1. The van der Waals surface area contributed by atoms with Crippen LogP contribution in [-0.2, 0) is 13.0 Å². The average Bonchev–Trinajstić information content (AvgIpc) is 2.84. The molecule has 2 aromatic rings. The van der Waals surface area contributed by atoms with E-state index in [9.17, 15) is 4.79 Å². The summed E-state index contributed by atoms with van der Waals surface area (Å²) in [5.74, 6) is -0.0890. The predicted octanol–water partition coefficient (Wildman–Crippen LogP) is 2.39. The van der Waals surface area contributed by atoms with Crippen molar-refractivity contribution < 1.29 is 4.79 Å². The maximum absolute atomic E-state index is 12.2. The Morgan fingerprint density at radius 2 is 2.06 bits per heavy atom. The van der Waals surface area contributed by atoms with Gasteiger partial charge in [-0.1, -0.05) is 35.6 Å². The maximum atomic E-state index is 12.2. The zero-order valence-corrected chi connectivity index (χ0v) is 11.0. The molecule has 0 saturated carbocycles. The molecule has 0 N–H and O–H groups in total. The van der Waals surface area contributed by atoms with E-state index in [-0.39, 0.29) is 5.91 Å². The van der Waals surface area contributed by atoms with Gasteiger partial charge in [0.15, 0.2) is 0 Å². The SMILES string of the molecule is O=C(c1nnc(Cl)s1)N1CCc2ccccc2C1. The fourth-order valence-corrected chi connectivity index (χ4v) is 2.89. The highest BCUT2D eigenvalue weighted by Gasteiger charge is 2.24. The maximum Gasteiger partial charge on any atom is 0.285 e. The van der Waals surface area contributed by atoms with Gasteiger partial charge in [-0.3, -0.25) is 4.79 Å². The number of hydrogen-bond donors (Lipinski definition) is 0. The van der Waals surface area contributed by atoms with Gasteiger partial charge in [0.1, 0.15) is 0 Å². The van der Waals surface area contributed by atoms with Gasteiger partial charge in [0.05, 0.1) is 0 Å². The molecule has 0 radical (unpaired) electrons. The third-order valence-corrected chi connectivity index (χ3v) is 4.01. The minimum atomic E-state index is -0.0890. The van der Waals surface area contributed by atoms with Crippen molar-refractivity contribution in [1.29, 1.82) is 0 Å². The number of fused-ring (bicyclic) bond motifs is 1. The molecule has 2 heterocycles. The third kappa shape index (κ3) is 2.11. The standard InChI is InChI=1S/C12H10ClN3OS/c13-12-15-14-10(18-12)11(17)16-6-5-8-3-1-2-4-9(8)7-16/h1-4H,5-7H2. The van der Waals surface area contributed by atoms with Crippen LogP contribution in [0.2, 0.25) is 4.47 Å². The van der Waals surface area contributed by atoms with E-state index in [0.717, 1.165) is 17.8 Å². The number of benzene rings is 1. The topological polar surface area (TPSA) is 46.1 Å².